The van der Waals surface area contributed by atoms with E-state index in [1.54, 1.807) is 20.3 Å². The minimum absolute atomic E-state index is 0.0809. The topological polar surface area (TPSA) is 52.5 Å². The van der Waals surface area contributed by atoms with Gasteiger partial charge in [-0.25, -0.2) is 4.39 Å². The van der Waals surface area contributed by atoms with Crippen LogP contribution in [0.5, 0.6) is 11.5 Å². The average molecular weight is 461 g/mol. The molecule has 1 heterocycles. The van der Waals surface area contributed by atoms with E-state index in [4.69, 9.17) is 9.47 Å². The molecule has 1 N–H and O–H groups in total. The van der Waals surface area contributed by atoms with E-state index < -0.39 is 0 Å². The number of rotatable bonds is 9. The zero-order chi connectivity index (χ0) is 24.1. The van der Waals surface area contributed by atoms with Crippen molar-refractivity contribution in [2.24, 2.45) is 7.05 Å². The molecule has 6 heteroatoms. The second-order valence-corrected chi connectivity index (χ2v) is 8.31. The number of nitrogens with zero attached hydrogens (tertiary/aromatic N) is 1. The van der Waals surface area contributed by atoms with E-state index in [0.29, 0.717) is 24.5 Å². The number of methoxy groups -OCH3 is 2. The first-order valence-corrected chi connectivity index (χ1v) is 11.3. The quantitative estimate of drug-likeness (QED) is 0.373. The van der Waals surface area contributed by atoms with Crippen LogP contribution in [0.2, 0.25) is 0 Å². The Labute approximate surface area is 199 Å². The summed E-state index contributed by atoms with van der Waals surface area (Å²) in [7, 11) is 5.18. The molecule has 3 aromatic carbocycles. The molecule has 176 valence electrons. The van der Waals surface area contributed by atoms with Crippen molar-refractivity contribution in [1.29, 1.82) is 0 Å². The summed E-state index contributed by atoms with van der Waals surface area (Å²) in [6.45, 7) is 0.486. The predicted molar refractivity (Wildman–Crippen MR) is 132 cm³/mol. The van der Waals surface area contributed by atoms with Gasteiger partial charge < -0.3 is 19.4 Å². The van der Waals surface area contributed by atoms with Crippen LogP contribution < -0.4 is 14.8 Å². The summed E-state index contributed by atoms with van der Waals surface area (Å²) < 4.78 is 26.8. The lowest BCUT2D eigenvalue weighted by Gasteiger charge is -2.17. The number of para-hydroxylation sites is 1. The van der Waals surface area contributed by atoms with E-state index in [9.17, 15) is 9.18 Å². The number of fused-ring (bicyclic) bond motifs is 1. The number of ether oxygens (including phenoxy) is 2. The lowest BCUT2D eigenvalue weighted by atomic mass is 9.88. The molecule has 0 saturated carbocycles. The van der Waals surface area contributed by atoms with Crippen LogP contribution in [-0.4, -0.2) is 31.2 Å². The molecular formula is C28H29FN2O3. The molecule has 0 aliphatic heterocycles. The fourth-order valence-corrected chi connectivity index (χ4v) is 4.42. The Morgan fingerprint density at radius 1 is 1.00 bits per heavy atom. The van der Waals surface area contributed by atoms with Crippen molar-refractivity contribution in [1.82, 2.24) is 9.88 Å². The highest BCUT2D eigenvalue weighted by Crippen LogP contribution is 2.34. The van der Waals surface area contributed by atoms with Gasteiger partial charge in [0, 0.05) is 43.0 Å². The van der Waals surface area contributed by atoms with Crippen molar-refractivity contribution in [2.45, 2.75) is 18.8 Å². The number of hydrogen-bond donors (Lipinski definition) is 1. The summed E-state index contributed by atoms with van der Waals surface area (Å²) in [6, 6.07) is 20.3. The molecule has 4 aromatic rings. The van der Waals surface area contributed by atoms with Gasteiger partial charge in [0.2, 0.25) is 5.91 Å². The van der Waals surface area contributed by atoms with Crippen molar-refractivity contribution < 1.29 is 18.7 Å². The summed E-state index contributed by atoms with van der Waals surface area (Å²) >= 11 is 0. The molecule has 4 rings (SSSR count). The normalized spacial score (nSPS) is 11.9. The van der Waals surface area contributed by atoms with Crippen molar-refractivity contribution in [3.8, 4) is 11.5 Å². The third-order valence-corrected chi connectivity index (χ3v) is 6.13. The molecule has 0 unspecified atom stereocenters. The van der Waals surface area contributed by atoms with E-state index in [1.165, 1.54) is 12.1 Å². The Kier molecular flexibility index (Phi) is 7.16. The second-order valence-electron chi connectivity index (χ2n) is 8.31. The Bertz CT molecular complexity index is 1300. The maximum atomic E-state index is 14.1. The van der Waals surface area contributed by atoms with E-state index >= 15 is 0 Å². The molecular weight excluding hydrogens is 431 g/mol. The number of benzene rings is 3. The summed E-state index contributed by atoms with van der Waals surface area (Å²) in [6.07, 6.45) is 2.92. The van der Waals surface area contributed by atoms with Crippen LogP contribution in [-0.2, 0) is 18.3 Å². The Balaban J connectivity index is 1.51. The number of carbonyl (C=O) groups excluding carboxylic acids is 1. The van der Waals surface area contributed by atoms with Crippen LogP contribution in [0.4, 0.5) is 4.39 Å². The van der Waals surface area contributed by atoms with Gasteiger partial charge in [0.05, 0.1) is 14.2 Å². The van der Waals surface area contributed by atoms with Crippen molar-refractivity contribution >= 4 is 16.8 Å². The molecule has 1 amide bonds. The molecule has 0 spiro atoms. The minimum atomic E-state index is -0.309. The molecule has 1 atom stereocenters. The van der Waals surface area contributed by atoms with E-state index in [-0.39, 0.29) is 24.1 Å². The van der Waals surface area contributed by atoms with E-state index in [0.717, 1.165) is 27.6 Å². The van der Waals surface area contributed by atoms with Crippen molar-refractivity contribution in [2.75, 3.05) is 20.8 Å². The predicted octanol–water partition coefficient (Wildman–Crippen LogP) is 5.22. The lowest BCUT2D eigenvalue weighted by molar-refractivity contribution is -0.121. The van der Waals surface area contributed by atoms with Gasteiger partial charge in [0.15, 0.2) is 11.5 Å². The summed E-state index contributed by atoms with van der Waals surface area (Å²) in [5.41, 5.74) is 3.91. The standard InChI is InChI=1S/C28H29FN2O3/c1-31-18-24(22-9-4-5-10-25(22)31)23(20-7-6-8-21(29)16-20)17-28(32)30-14-13-19-11-12-26(33-2)27(15-19)34-3/h4-12,15-16,18,23H,13-14,17H2,1-3H3,(H,30,32)/t23-/m0/s1. The molecule has 0 saturated heterocycles. The van der Waals surface area contributed by atoms with Crippen LogP contribution in [0.3, 0.4) is 0 Å². The van der Waals surface area contributed by atoms with Crippen LogP contribution in [0.25, 0.3) is 10.9 Å². The van der Waals surface area contributed by atoms with Gasteiger partial charge in [-0.3, -0.25) is 4.79 Å². The number of aromatic nitrogens is 1. The largest absolute Gasteiger partial charge is 0.493 e. The molecule has 0 radical (unpaired) electrons. The van der Waals surface area contributed by atoms with Gasteiger partial charge in [0.1, 0.15) is 5.82 Å². The second kappa shape index (κ2) is 10.4. The fraction of sp³-hybridized carbons (Fsp3) is 0.250. The maximum Gasteiger partial charge on any atom is 0.220 e. The highest BCUT2D eigenvalue weighted by atomic mass is 19.1. The molecule has 1 aromatic heterocycles. The summed E-state index contributed by atoms with van der Waals surface area (Å²) in [4.78, 5) is 13.0. The zero-order valence-electron chi connectivity index (χ0n) is 19.7. The fourth-order valence-electron chi connectivity index (χ4n) is 4.42. The van der Waals surface area contributed by atoms with Gasteiger partial charge in [-0.1, -0.05) is 36.4 Å². The SMILES string of the molecule is COc1ccc(CCNC(=O)C[C@@H](c2cccc(F)c2)c2cn(C)c3ccccc23)cc1OC. The molecule has 34 heavy (non-hydrogen) atoms. The Morgan fingerprint density at radius 3 is 2.56 bits per heavy atom. The molecule has 0 aliphatic carbocycles. The average Bonchev–Trinajstić information content (AvgIpc) is 3.18. The van der Waals surface area contributed by atoms with Gasteiger partial charge in [-0.2, -0.15) is 0 Å². The maximum absolute atomic E-state index is 14.1. The number of halogens is 1. The number of hydrogen-bond acceptors (Lipinski definition) is 3. The molecule has 0 bridgehead atoms. The number of nitrogens with one attached hydrogen (secondary N) is 1. The first-order valence-electron chi connectivity index (χ1n) is 11.3. The highest BCUT2D eigenvalue weighted by Gasteiger charge is 2.22. The van der Waals surface area contributed by atoms with Gasteiger partial charge in [0.25, 0.3) is 0 Å². The molecule has 0 fully saturated rings. The third-order valence-electron chi connectivity index (χ3n) is 6.13. The van der Waals surface area contributed by atoms with E-state index in [2.05, 4.69) is 5.32 Å². The highest BCUT2D eigenvalue weighted by molar-refractivity contribution is 5.86. The summed E-state index contributed by atoms with van der Waals surface area (Å²) in [5, 5.41) is 4.09. The smallest absolute Gasteiger partial charge is 0.220 e. The van der Waals surface area contributed by atoms with Gasteiger partial charge >= 0.3 is 0 Å². The van der Waals surface area contributed by atoms with Crippen molar-refractivity contribution in [3.63, 3.8) is 0 Å². The van der Waals surface area contributed by atoms with Crippen LogP contribution in [0, 0.1) is 5.82 Å². The first kappa shape index (κ1) is 23.4. The van der Waals surface area contributed by atoms with Crippen LogP contribution >= 0.6 is 0 Å². The third kappa shape index (κ3) is 5.06. The minimum Gasteiger partial charge on any atom is -0.493 e. The van der Waals surface area contributed by atoms with Crippen molar-refractivity contribution in [3.05, 3.63) is 95.4 Å². The van der Waals surface area contributed by atoms with E-state index in [1.807, 2.05) is 66.3 Å². The number of aryl methyl sites for hydroxylation is 1. The zero-order valence-corrected chi connectivity index (χ0v) is 19.7. The van der Waals surface area contributed by atoms with Crippen LogP contribution in [0.15, 0.2) is 72.9 Å². The number of carbonyl (C=O) groups is 1. The van der Waals surface area contributed by atoms with Gasteiger partial charge in [-0.15, -0.1) is 0 Å². The Morgan fingerprint density at radius 2 is 1.79 bits per heavy atom. The molecule has 0 aliphatic rings. The number of amides is 1. The monoisotopic (exact) mass is 460 g/mol. The first-order chi connectivity index (χ1) is 16.5. The lowest BCUT2D eigenvalue weighted by Crippen LogP contribution is -2.27. The Hall–Kier alpha value is -3.80. The van der Waals surface area contributed by atoms with Gasteiger partial charge in [-0.05, 0) is 53.4 Å². The van der Waals surface area contributed by atoms with Crippen LogP contribution in [0.1, 0.15) is 29.0 Å². The molecule has 5 nitrogen and oxygen atoms in total. The summed E-state index contributed by atoms with van der Waals surface area (Å²) in [5.74, 6) is 0.680.